The maximum absolute atomic E-state index is 12.5. The number of hydrogen-bond acceptors (Lipinski definition) is 0. The Labute approximate surface area is 49.1 Å². The van der Waals surface area contributed by atoms with Gasteiger partial charge < -0.3 is 0 Å². The first-order valence-electron chi connectivity index (χ1n) is 3.22. The zero-order valence-electron chi connectivity index (χ0n) is 4.78. The highest BCUT2D eigenvalue weighted by Crippen LogP contribution is 2.51. The Kier molecular flexibility index (Phi) is 0.870. The Balaban J connectivity index is 2.11. The van der Waals surface area contributed by atoms with Gasteiger partial charge >= 0.3 is 0 Å². The van der Waals surface area contributed by atoms with Gasteiger partial charge in [0.05, 0.1) is 0 Å². The second-order valence-corrected chi connectivity index (χ2v) is 2.82. The van der Waals surface area contributed by atoms with Crippen LogP contribution in [0.4, 0.5) is 4.39 Å². The first kappa shape index (κ1) is 4.78. The van der Waals surface area contributed by atoms with Gasteiger partial charge in [-0.1, -0.05) is 0 Å². The van der Waals surface area contributed by atoms with E-state index in [1.165, 1.54) is 6.42 Å². The summed E-state index contributed by atoms with van der Waals surface area (Å²) in [4.78, 5) is 0. The lowest BCUT2D eigenvalue weighted by molar-refractivity contribution is 0.415. The van der Waals surface area contributed by atoms with Gasteiger partial charge in [-0.25, -0.2) is 4.39 Å². The molecule has 44 valence electrons. The molecular formula is C7H9F. The first-order valence-corrected chi connectivity index (χ1v) is 3.22. The molecule has 1 heteroatoms. The molecule has 2 aliphatic rings. The van der Waals surface area contributed by atoms with Crippen LogP contribution >= 0.6 is 0 Å². The van der Waals surface area contributed by atoms with Gasteiger partial charge in [0.25, 0.3) is 0 Å². The van der Waals surface area contributed by atoms with E-state index < -0.39 is 0 Å². The Morgan fingerprint density at radius 1 is 1.38 bits per heavy atom. The Hall–Kier alpha value is -0.0700. The highest BCUT2D eigenvalue weighted by Gasteiger charge is 2.40. The molecule has 0 spiro atoms. The highest BCUT2D eigenvalue weighted by molar-refractivity contribution is 5.21. The molecule has 0 saturated heterocycles. The number of rotatable bonds is 0. The number of fused-ring (bicyclic) bond motifs is 2. The molecule has 0 aliphatic heterocycles. The molecule has 0 N–H and O–H groups in total. The lowest BCUT2D eigenvalue weighted by Crippen LogP contribution is -1.99. The van der Waals surface area contributed by atoms with E-state index in [-0.39, 0.29) is 6.17 Å². The second-order valence-electron chi connectivity index (χ2n) is 2.82. The van der Waals surface area contributed by atoms with Crippen LogP contribution in [0.25, 0.3) is 0 Å². The van der Waals surface area contributed by atoms with Gasteiger partial charge in [-0.15, -0.1) is 0 Å². The van der Waals surface area contributed by atoms with Crippen molar-refractivity contribution in [2.24, 2.45) is 5.92 Å². The van der Waals surface area contributed by atoms with Crippen molar-refractivity contribution in [3.8, 4) is 0 Å². The first-order chi connectivity index (χ1) is 3.86. The van der Waals surface area contributed by atoms with Crippen molar-refractivity contribution < 1.29 is 4.39 Å². The van der Waals surface area contributed by atoms with Crippen LogP contribution in [0.15, 0.2) is 0 Å². The predicted molar refractivity (Wildman–Crippen MR) is 29.6 cm³/mol. The Bertz CT molecular complexity index is 98.6. The fourth-order valence-electron chi connectivity index (χ4n) is 1.75. The molecule has 2 rings (SSSR count). The van der Waals surface area contributed by atoms with Gasteiger partial charge in [-0.2, -0.15) is 0 Å². The van der Waals surface area contributed by atoms with Gasteiger partial charge in [-0.05, 0) is 31.6 Å². The monoisotopic (exact) mass is 112 g/mol. The van der Waals surface area contributed by atoms with Crippen molar-refractivity contribution >= 4 is 0 Å². The Morgan fingerprint density at radius 2 is 2.25 bits per heavy atom. The predicted octanol–water partition coefficient (Wildman–Crippen LogP) is 2.27. The van der Waals surface area contributed by atoms with Gasteiger partial charge in [0.15, 0.2) is 6.17 Å². The van der Waals surface area contributed by atoms with Crippen molar-refractivity contribution in [1.29, 1.82) is 0 Å². The van der Waals surface area contributed by atoms with Crippen LogP contribution in [0, 0.1) is 18.0 Å². The maximum Gasteiger partial charge on any atom is 0.151 e. The van der Waals surface area contributed by atoms with E-state index in [2.05, 4.69) is 0 Å². The largest absolute Gasteiger partial charge is 0.240 e. The average molecular weight is 112 g/mol. The molecule has 2 saturated carbocycles. The minimum absolute atomic E-state index is 0.209. The topological polar surface area (TPSA) is 0 Å². The molecule has 0 amide bonds. The minimum atomic E-state index is 0.209. The molecule has 0 nitrogen and oxygen atoms in total. The molecule has 8 heavy (non-hydrogen) atoms. The molecule has 1 atom stereocenters. The summed E-state index contributed by atoms with van der Waals surface area (Å²) in [6, 6.07) is 0. The third-order valence-electron chi connectivity index (χ3n) is 2.24. The van der Waals surface area contributed by atoms with E-state index in [0.717, 1.165) is 25.2 Å². The van der Waals surface area contributed by atoms with E-state index in [0.29, 0.717) is 5.92 Å². The van der Waals surface area contributed by atoms with E-state index >= 15 is 0 Å². The summed E-state index contributed by atoms with van der Waals surface area (Å²) < 4.78 is 12.5. The summed E-state index contributed by atoms with van der Waals surface area (Å²) in [5, 5.41) is 0. The quantitative estimate of drug-likeness (QED) is 0.451. The van der Waals surface area contributed by atoms with Gasteiger partial charge in [-0.3, -0.25) is 0 Å². The Morgan fingerprint density at radius 3 is 2.50 bits per heavy atom. The van der Waals surface area contributed by atoms with Gasteiger partial charge in [0.2, 0.25) is 0 Å². The summed E-state index contributed by atoms with van der Waals surface area (Å²) >= 11 is 0. The fourth-order valence-corrected chi connectivity index (χ4v) is 1.75. The molecule has 0 heterocycles. The molecule has 0 aromatic carbocycles. The van der Waals surface area contributed by atoms with Crippen LogP contribution in [0.5, 0.6) is 0 Å². The summed E-state index contributed by atoms with van der Waals surface area (Å²) in [7, 11) is 0. The fraction of sp³-hybridized carbons (Fsp3) is 0.714. The minimum Gasteiger partial charge on any atom is -0.240 e. The number of halogens is 1. The molecule has 1 unspecified atom stereocenters. The lowest BCUT2D eigenvalue weighted by Gasteiger charge is -2.10. The SMILES string of the molecule is F[C]1CC2CC[C]1C2. The molecule has 0 aromatic rings. The smallest absolute Gasteiger partial charge is 0.151 e. The van der Waals surface area contributed by atoms with Crippen LogP contribution in [0.1, 0.15) is 25.7 Å². The highest BCUT2D eigenvalue weighted by atomic mass is 19.1. The lowest BCUT2D eigenvalue weighted by atomic mass is 9.99. The summed E-state index contributed by atoms with van der Waals surface area (Å²) in [6.07, 6.45) is 4.35. The molecular weight excluding hydrogens is 103 g/mol. The van der Waals surface area contributed by atoms with E-state index in [4.69, 9.17) is 0 Å². The van der Waals surface area contributed by atoms with Crippen molar-refractivity contribution in [2.75, 3.05) is 0 Å². The average Bonchev–Trinajstić information content (AvgIpc) is 2.23. The van der Waals surface area contributed by atoms with Crippen LogP contribution < -0.4 is 0 Å². The van der Waals surface area contributed by atoms with Crippen LogP contribution in [-0.4, -0.2) is 0 Å². The summed E-state index contributed by atoms with van der Waals surface area (Å²) in [5.74, 6) is 1.82. The zero-order valence-corrected chi connectivity index (χ0v) is 4.78. The van der Waals surface area contributed by atoms with E-state index in [9.17, 15) is 4.39 Å². The van der Waals surface area contributed by atoms with Crippen molar-refractivity contribution in [3.05, 3.63) is 12.1 Å². The standard InChI is InChI=1S/C7H9F/c8-7-4-5-1-2-6(7)3-5/h5H,1-4H2. The molecule has 2 aliphatic carbocycles. The van der Waals surface area contributed by atoms with Crippen LogP contribution in [-0.2, 0) is 0 Å². The molecule has 2 fully saturated rings. The van der Waals surface area contributed by atoms with Crippen molar-refractivity contribution in [2.45, 2.75) is 25.7 Å². The maximum atomic E-state index is 12.5. The van der Waals surface area contributed by atoms with Crippen LogP contribution in [0.2, 0.25) is 0 Å². The van der Waals surface area contributed by atoms with Gasteiger partial charge in [0.1, 0.15) is 0 Å². The third kappa shape index (κ3) is 0.503. The zero-order chi connectivity index (χ0) is 5.56. The molecule has 0 aromatic heterocycles. The summed E-state index contributed by atoms with van der Waals surface area (Å²) in [6.45, 7) is 0. The van der Waals surface area contributed by atoms with Gasteiger partial charge in [0, 0.05) is 5.92 Å². The summed E-state index contributed by atoms with van der Waals surface area (Å²) in [5.41, 5.74) is 0. The van der Waals surface area contributed by atoms with Crippen molar-refractivity contribution in [3.63, 3.8) is 0 Å². The van der Waals surface area contributed by atoms with E-state index in [1.54, 1.807) is 0 Å². The van der Waals surface area contributed by atoms with E-state index in [1.807, 2.05) is 0 Å². The third-order valence-corrected chi connectivity index (χ3v) is 2.24. The normalized spacial score (nSPS) is 39.4. The van der Waals surface area contributed by atoms with Crippen LogP contribution in [0.3, 0.4) is 0 Å². The van der Waals surface area contributed by atoms with Crippen molar-refractivity contribution in [1.82, 2.24) is 0 Å². The molecule has 2 bridgehead atoms. The second kappa shape index (κ2) is 1.46. The molecule has 2 radical (unpaired) electrons. The number of hydrogen-bond donors (Lipinski definition) is 0.